The zero-order valence-electron chi connectivity index (χ0n) is 10.6. The van der Waals surface area contributed by atoms with Gasteiger partial charge in [-0.3, -0.25) is 0 Å². The molecule has 1 aromatic rings. The number of nitrogens with one attached hydrogen (secondary N) is 1. The van der Waals surface area contributed by atoms with Crippen LogP contribution in [0.2, 0.25) is 0 Å². The van der Waals surface area contributed by atoms with Gasteiger partial charge in [0.1, 0.15) is 0 Å². The molecule has 1 saturated carbocycles. The van der Waals surface area contributed by atoms with Gasteiger partial charge < -0.3 is 5.32 Å². The third-order valence-electron chi connectivity index (χ3n) is 4.45. The van der Waals surface area contributed by atoms with E-state index in [-0.39, 0.29) is 5.41 Å². The molecule has 4 heteroatoms. The molecule has 3 nitrogen and oxygen atoms in total. The fourth-order valence-corrected chi connectivity index (χ4v) is 5.06. The van der Waals surface area contributed by atoms with Crippen molar-refractivity contribution in [2.75, 3.05) is 18.8 Å². The van der Waals surface area contributed by atoms with E-state index in [0.29, 0.717) is 16.6 Å². The van der Waals surface area contributed by atoms with E-state index in [2.05, 4.69) is 12.2 Å². The summed E-state index contributed by atoms with van der Waals surface area (Å²) in [5.41, 5.74) is 1.21. The van der Waals surface area contributed by atoms with Crippen LogP contribution in [-0.2, 0) is 15.3 Å². The lowest BCUT2D eigenvalue weighted by Gasteiger charge is -2.26. The van der Waals surface area contributed by atoms with E-state index in [1.54, 1.807) is 6.07 Å². The van der Waals surface area contributed by atoms with Crippen LogP contribution in [0, 0.1) is 5.92 Å². The van der Waals surface area contributed by atoms with Gasteiger partial charge in [0, 0.05) is 5.41 Å². The predicted octanol–water partition coefficient (Wildman–Crippen LogP) is 1.73. The smallest absolute Gasteiger partial charge is 0.178 e. The number of hydrogen-bond acceptors (Lipinski definition) is 3. The van der Waals surface area contributed by atoms with E-state index in [9.17, 15) is 8.42 Å². The molecule has 3 rings (SSSR count). The summed E-state index contributed by atoms with van der Waals surface area (Å²) >= 11 is 0. The van der Waals surface area contributed by atoms with Gasteiger partial charge in [-0.25, -0.2) is 8.42 Å². The van der Waals surface area contributed by atoms with Crippen molar-refractivity contribution >= 4 is 9.84 Å². The molecule has 1 fully saturated rings. The van der Waals surface area contributed by atoms with Gasteiger partial charge in [-0.1, -0.05) is 25.1 Å². The quantitative estimate of drug-likeness (QED) is 0.905. The molecular formula is C14H19NO2S. The maximum Gasteiger partial charge on any atom is 0.178 e. The zero-order valence-corrected chi connectivity index (χ0v) is 11.5. The Labute approximate surface area is 109 Å². The normalized spacial score (nSPS) is 32.2. The lowest BCUT2D eigenvalue weighted by Crippen LogP contribution is -2.29. The van der Waals surface area contributed by atoms with E-state index in [1.807, 2.05) is 18.2 Å². The molecule has 1 N–H and O–H groups in total. The Morgan fingerprint density at radius 3 is 2.94 bits per heavy atom. The number of fused-ring (bicyclic) bond motifs is 2. The van der Waals surface area contributed by atoms with Crippen LogP contribution in [0.4, 0.5) is 0 Å². The van der Waals surface area contributed by atoms with Crippen molar-refractivity contribution in [1.29, 1.82) is 0 Å². The largest absolute Gasteiger partial charge is 0.317 e. The van der Waals surface area contributed by atoms with Crippen molar-refractivity contribution in [3.05, 3.63) is 29.8 Å². The average molecular weight is 265 g/mol. The average Bonchev–Trinajstić information content (AvgIpc) is 3.08. The molecule has 1 aliphatic heterocycles. The molecule has 98 valence electrons. The first-order chi connectivity index (χ1) is 8.60. The first-order valence-corrected chi connectivity index (χ1v) is 8.28. The predicted molar refractivity (Wildman–Crippen MR) is 71.4 cm³/mol. The maximum absolute atomic E-state index is 12.1. The molecule has 1 aliphatic carbocycles. The van der Waals surface area contributed by atoms with E-state index in [0.717, 1.165) is 31.5 Å². The van der Waals surface area contributed by atoms with Gasteiger partial charge in [-0.2, -0.15) is 0 Å². The molecule has 2 unspecified atom stereocenters. The molecule has 0 saturated heterocycles. The first kappa shape index (κ1) is 12.2. The standard InChI is InChI=1S/C14H19NO2S/c1-2-15-10-11-9-14(11)7-8-18(16,17)13-6-4-3-5-12(13)14/h3-6,11,15H,2,7-10H2,1H3. The van der Waals surface area contributed by atoms with E-state index in [1.165, 1.54) is 0 Å². The summed E-state index contributed by atoms with van der Waals surface area (Å²) in [6.07, 6.45) is 1.93. The van der Waals surface area contributed by atoms with Gasteiger partial charge in [-0.15, -0.1) is 0 Å². The third-order valence-corrected chi connectivity index (χ3v) is 6.22. The molecule has 0 bridgehead atoms. The number of hydrogen-bond donors (Lipinski definition) is 1. The molecular weight excluding hydrogens is 246 g/mol. The molecule has 2 atom stereocenters. The fraction of sp³-hybridized carbons (Fsp3) is 0.571. The Hall–Kier alpha value is -0.870. The molecule has 0 amide bonds. The van der Waals surface area contributed by atoms with Crippen molar-refractivity contribution < 1.29 is 8.42 Å². The van der Waals surface area contributed by atoms with Crippen LogP contribution >= 0.6 is 0 Å². The van der Waals surface area contributed by atoms with E-state index >= 15 is 0 Å². The van der Waals surface area contributed by atoms with Crippen LogP contribution < -0.4 is 5.32 Å². The molecule has 2 aliphatic rings. The van der Waals surface area contributed by atoms with Crippen LogP contribution in [0.3, 0.4) is 0 Å². The minimum Gasteiger partial charge on any atom is -0.317 e. The SMILES string of the molecule is CCNCC1CC12CCS(=O)(=O)c1ccccc12. The highest BCUT2D eigenvalue weighted by molar-refractivity contribution is 7.91. The van der Waals surface area contributed by atoms with Gasteiger partial charge >= 0.3 is 0 Å². The highest BCUT2D eigenvalue weighted by Gasteiger charge is 2.58. The summed E-state index contributed by atoms with van der Waals surface area (Å²) in [5.74, 6) is 0.918. The van der Waals surface area contributed by atoms with E-state index in [4.69, 9.17) is 0 Å². The summed E-state index contributed by atoms with van der Waals surface area (Å²) in [6, 6.07) is 7.58. The second kappa shape index (κ2) is 4.07. The number of rotatable bonds is 3. The molecule has 1 heterocycles. The van der Waals surface area contributed by atoms with Crippen molar-refractivity contribution in [1.82, 2.24) is 5.32 Å². The minimum atomic E-state index is -3.04. The van der Waals surface area contributed by atoms with Crippen LogP contribution in [0.15, 0.2) is 29.2 Å². The molecule has 0 aromatic heterocycles. The van der Waals surface area contributed by atoms with Gasteiger partial charge in [0.15, 0.2) is 9.84 Å². The van der Waals surface area contributed by atoms with Crippen LogP contribution in [-0.4, -0.2) is 27.3 Å². The third kappa shape index (κ3) is 1.70. The Balaban J connectivity index is 1.97. The lowest BCUT2D eigenvalue weighted by molar-refractivity contribution is 0.514. The summed E-state index contributed by atoms with van der Waals surface area (Å²) in [6.45, 7) is 4.09. The summed E-state index contributed by atoms with van der Waals surface area (Å²) in [4.78, 5) is 0.579. The fourth-order valence-electron chi connectivity index (χ4n) is 3.31. The Bertz CT molecular complexity index is 567. The number of sulfone groups is 1. The monoisotopic (exact) mass is 265 g/mol. The molecule has 1 aromatic carbocycles. The van der Waals surface area contributed by atoms with E-state index < -0.39 is 9.84 Å². The highest BCUT2D eigenvalue weighted by Crippen LogP contribution is 2.60. The lowest BCUT2D eigenvalue weighted by atomic mass is 9.90. The maximum atomic E-state index is 12.1. The summed E-state index contributed by atoms with van der Waals surface area (Å²) in [5, 5.41) is 3.38. The molecule has 1 spiro atoms. The Morgan fingerprint density at radius 1 is 1.39 bits per heavy atom. The highest BCUT2D eigenvalue weighted by atomic mass is 32.2. The Kier molecular flexibility index (Phi) is 2.75. The topological polar surface area (TPSA) is 46.2 Å². The van der Waals surface area contributed by atoms with Gasteiger partial charge in [0.2, 0.25) is 0 Å². The van der Waals surface area contributed by atoms with Gasteiger partial charge in [0.05, 0.1) is 10.6 Å². The van der Waals surface area contributed by atoms with Crippen LogP contribution in [0.1, 0.15) is 25.3 Å². The van der Waals surface area contributed by atoms with Crippen molar-refractivity contribution in [3.63, 3.8) is 0 Å². The van der Waals surface area contributed by atoms with Gasteiger partial charge in [-0.05, 0) is 43.5 Å². The molecule has 0 radical (unpaired) electrons. The first-order valence-electron chi connectivity index (χ1n) is 6.63. The zero-order chi connectivity index (χ0) is 12.8. The summed E-state index contributed by atoms with van der Waals surface area (Å²) < 4.78 is 24.2. The molecule has 18 heavy (non-hydrogen) atoms. The van der Waals surface area contributed by atoms with Crippen LogP contribution in [0.5, 0.6) is 0 Å². The second-order valence-electron chi connectivity index (χ2n) is 5.43. The van der Waals surface area contributed by atoms with Gasteiger partial charge in [0.25, 0.3) is 0 Å². The van der Waals surface area contributed by atoms with Crippen molar-refractivity contribution in [2.45, 2.75) is 30.1 Å². The Morgan fingerprint density at radius 2 is 2.17 bits per heavy atom. The summed E-state index contributed by atoms with van der Waals surface area (Å²) in [7, 11) is -3.04. The van der Waals surface area contributed by atoms with Crippen LogP contribution in [0.25, 0.3) is 0 Å². The second-order valence-corrected chi connectivity index (χ2v) is 7.51. The van der Waals surface area contributed by atoms with Crippen molar-refractivity contribution in [3.8, 4) is 0 Å². The number of benzene rings is 1. The minimum absolute atomic E-state index is 0.143. The van der Waals surface area contributed by atoms with Crippen molar-refractivity contribution in [2.24, 2.45) is 5.92 Å².